The number of rotatable bonds is 6. The zero-order valence-electron chi connectivity index (χ0n) is 22.2. The van der Waals surface area contributed by atoms with Crippen LogP contribution >= 0.6 is 15.9 Å². The van der Waals surface area contributed by atoms with Crippen molar-refractivity contribution in [2.24, 2.45) is 14.1 Å². The van der Waals surface area contributed by atoms with E-state index in [-0.39, 0.29) is 12.2 Å². The Morgan fingerprint density at radius 2 is 1.33 bits per heavy atom. The van der Waals surface area contributed by atoms with Crippen molar-refractivity contribution in [1.29, 1.82) is 0 Å². The van der Waals surface area contributed by atoms with Gasteiger partial charge in [-0.3, -0.25) is 9.36 Å². The Kier molecular flexibility index (Phi) is 9.27. The zero-order chi connectivity index (χ0) is 27.0. The molecule has 4 heterocycles. The van der Waals surface area contributed by atoms with Crippen LogP contribution in [0.2, 0.25) is 0 Å². The highest BCUT2D eigenvalue weighted by molar-refractivity contribution is 9.10. The molecule has 4 aromatic rings. The van der Waals surface area contributed by atoms with Crippen LogP contribution in [0.3, 0.4) is 0 Å². The van der Waals surface area contributed by atoms with Gasteiger partial charge in [0.15, 0.2) is 11.6 Å². The van der Waals surface area contributed by atoms with Crippen molar-refractivity contribution < 1.29 is 9.47 Å². The van der Waals surface area contributed by atoms with Gasteiger partial charge in [0.2, 0.25) is 0 Å². The van der Waals surface area contributed by atoms with Crippen molar-refractivity contribution >= 4 is 38.9 Å². The molecule has 11 heteroatoms. The summed E-state index contributed by atoms with van der Waals surface area (Å²) in [5.41, 5.74) is 4.45. The molecule has 0 aliphatic carbocycles. The van der Waals surface area contributed by atoms with Crippen LogP contribution < -0.4 is 21.3 Å². The molecule has 6 rings (SSSR count). The van der Waals surface area contributed by atoms with Gasteiger partial charge in [-0.2, -0.15) is 10.2 Å². The molecule has 2 saturated heterocycles. The predicted molar refractivity (Wildman–Crippen MR) is 157 cm³/mol. The maximum absolute atomic E-state index is 5.74. The Bertz CT molecular complexity index is 1310. The summed E-state index contributed by atoms with van der Waals surface area (Å²) in [4.78, 5) is 0. The fourth-order valence-corrected chi connectivity index (χ4v) is 4.91. The number of anilines is 4. The topological polar surface area (TPSA) is 102 Å². The molecule has 10 nitrogen and oxygen atoms in total. The lowest BCUT2D eigenvalue weighted by atomic mass is 10.1. The lowest BCUT2D eigenvalue weighted by Crippen LogP contribution is -2.33. The summed E-state index contributed by atoms with van der Waals surface area (Å²) >= 11 is 3.48. The van der Waals surface area contributed by atoms with Gasteiger partial charge in [0.05, 0.1) is 29.9 Å². The molecule has 2 aromatic carbocycles. The second kappa shape index (κ2) is 13.2. The van der Waals surface area contributed by atoms with Gasteiger partial charge in [0.25, 0.3) is 0 Å². The van der Waals surface area contributed by atoms with Crippen molar-refractivity contribution in [1.82, 2.24) is 30.2 Å². The summed E-state index contributed by atoms with van der Waals surface area (Å²) in [6.07, 6.45) is 4.15. The highest BCUT2D eigenvalue weighted by atomic mass is 79.9. The first kappa shape index (κ1) is 27.4. The first-order valence-electron chi connectivity index (χ1n) is 13.1. The highest BCUT2D eigenvalue weighted by Gasteiger charge is 2.16. The monoisotopic (exact) mass is 594 g/mol. The molecule has 0 amide bonds. The Balaban J connectivity index is 0.000000158. The fourth-order valence-electron chi connectivity index (χ4n) is 4.43. The lowest BCUT2D eigenvalue weighted by Gasteiger charge is -2.24. The summed E-state index contributed by atoms with van der Waals surface area (Å²) in [6, 6.07) is 18.6. The van der Waals surface area contributed by atoms with Crippen molar-refractivity contribution in [3.63, 3.8) is 0 Å². The molecule has 2 unspecified atom stereocenters. The molecule has 2 fully saturated rings. The minimum Gasteiger partial charge on any atom is -0.371 e. The summed E-state index contributed by atoms with van der Waals surface area (Å²) in [6.45, 7) is 5.18. The Morgan fingerprint density at radius 1 is 0.769 bits per heavy atom. The van der Waals surface area contributed by atoms with Crippen molar-refractivity contribution in [2.75, 3.05) is 50.0 Å². The smallest absolute Gasteiger partial charge is 0.166 e. The normalized spacial score (nSPS) is 19.2. The van der Waals surface area contributed by atoms with Gasteiger partial charge in [0, 0.05) is 70.1 Å². The van der Waals surface area contributed by atoms with E-state index in [0.29, 0.717) is 0 Å². The Hall–Kier alpha value is -3.22. The van der Waals surface area contributed by atoms with E-state index in [9.17, 15) is 0 Å². The Morgan fingerprint density at radius 3 is 1.77 bits per heavy atom. The van der Waals surface area contributed by atoms with Gasteiger partial charge in [-0.1, -0.05) is 24.3 Å². The number of nitrogens with zero attached hydrogens (tertiary/aromatic N) is 4. The zero-order valence-corrected chi connectivity index (χ0v) is 23.8. The van der Waals surface area contributed by atoms with E-state index >= 15 is 0 Å². The van der Waals surface area contributed by atoms with Crippen molar-refractivity contribution in [3.8, 4) is 0 Å². The van der Waals surface area contributed by atoms with Crippen molar-refractivity contribution in [3.05, 3.63) is 82.6 Å². The van der Waals surface area contributed by atoms with Crippen LogP contribution in [-0.4, -0.2) is 59.0 Å². The van der Waals surface area contributed by atoms with Gasteiger partial charge in [-0.25, -0.2) is 0 Å². The van der Waals surface area contributed by atoms with Crippen LogP contribution in [0.5, 0.6) is 0 Å². The number of benzene rings is 2. The number of aromatic nitrogens is 4. The van der Waals surface area contributed by atoms with E-state index in [4.69, 9.17) is 9.47 Å². The lowest BCUT2D eigenvalue weighted by molar-refractivity contribution is 0.0276. The maximum atomic E-state index is 5.74. The summed E-state index contributed by atoms with van der Waals surface area (Å²) in [5.74, 6) is 1.67. The predicted octanol–water partition coefficient (Wildman–Crippen LogP) is 4.41. The molecule has 0 saturated carbocycles. The van der Waals surface area contributed by atoms with Gasteiger partial charge < -0.3 is 30.7 Å². The number of hydrogen-bond donors (Lipinski definition) is 4. The standard InChI is InChI=1S/C14H17BrN4O.C14H18N4O/c1-19-9-12(15)14(18-19)17-11-4-2-10(3-5-11)13-8-16-6-7-20-13;1-18-8-6-14(17-18)16-12-4-2-11(3-5-12)13-10-15-7-9-19-13/h2-5,9,13,16H,6-8H2,1H3,(H,17,18);2-6,8,13,15H,7,9-10H2,1H3,(H,16,17). The molecule has 4 N–H and O–H groups in total. The number of aryl methyl sites for hydroxylation is 2. The van der Waals surface area contributed by atoms with Gasteiger partial charge >= 0.3 is 0 Å². The molecule has 2 atom stereocenters. The van der Waals surface area contributed by atoms with E-state index < -0.39 is 0 Å². The highest BCUT2D eigenvalue weighted by Crippen LogP contribution is 2.26. The van der Waals surface area contributed by atoms with E-state index in [1.165, 1.54) is 11.1 Å². The minimum absolute atomic E-state index is 0.152. The van der Waals surface area contributed by atoms with Crippen LogP contribution in [0, 0.1) is 0 Å². The molecule has 0 radical (unpaired) electrons. The quantitative estimate of drug-likeness (QED) is 0.260. The van der Waals surface area contributed by atoms with Crippen LogP contribution in [0.15, 0.2) is 71.5 Å². The Labute approximate surface area is 237 Å². The largest absolute Gasteiger partial charge is 0.371 e. The number of hydrogen-bond acceptors (Lipinski definition) is 8. The first-order valence-corrected chi connectivity index (χ1v) is 13.9. The summed E-state index contributed by atoms with van der Waals surface area (Å²) in [5, 5.41) is 21.9. The SMILES string of the molecule is Cn1cc(Br)c(Nc2ccc(C3CNCCO3)cc2)n1.Cn1ccc(Nc2ccc(C3CNCCO3)cc2)n1. The average Bonchev–Trinajstić information content (AvgIpc) is 3.53. The molecule has 2 aliphatic heterocycles. The third kappa shape index (κ3) is 7.68. The molecular formula is C28H35BrN8O2. The molecule has 206 valence electrons. The number of morpholine rings is 2. The van der Waals surface area contributed by atoms with Crippen LogP contribution in [0.25, 0.3) is 0 Å². The second-order valence-electron chi connectivity index (χ2n) is 9.50. The van der Waals surface area contributed by atoms with Crippen molar-refractivity contribution in [2.45, 2.75) is 12.2 Å². The van der Waals surface area contributed by atoms with Gasteiger partial charge in [0.1, 0.15) is 0 Å². The summed E-state index contributed by atoms with van der Waals surface area (Å²) < 4.78 is 16.0. The summed E-state index contributed by atoms with van der Waals surface area (Å²) in [7, 11) is 3.80. The van der Waals surface area contributed by atoms with Crippen LogP contribution in [0.4, 0.5) is 23.0 Å². The number of halogens is 1. The third-order valence-electron chi connectivity index (χ3n) is 6.45. The van der Waals surface area contributed by atoms with Gasteiger partial charge in [-0.05, 0) is 51.3 Å². The first-order chi connectivity index (χ1) is 19.0. The van der Waals surface area contributed by atoms with E-state index in [0.717, 1.165) is 66.9 Å². The third-order valence-corrected chi connectivity index (χ3v) is 7.03. The molecule has 0 bridgehead atoms. The molecule has 2 aromatic heterocycles. The van der Waals surface area contributed by atoms with Crippen LogP contribution in [0.1, 0.15) is 23.3 Å². The number of ether oxygens (including phenoxy) is 2. The van der Waals surface area contributed by atoms with E-state index in [1.807, 2.05) is 32.6 Å². The minimum atomic E-state index is 0.152. The van der Waals surface area contributed by atoms with Crippen LogP contribution in [-0.2, 0) is 23.6 Å². The average molecular weight is 596 g/mol. The van der Waals surface area contributed by atoms with E-state index in [1.54, 1.807) is 9.36 Å². The second-order valence-corrected chi connectivity index (χ2v) is 10.3. The molecular weight excluding hydrogens is 560 g/mol. The molecule has 0 spiro atoms. The van der Waals surface area contributed by atoms with E-state index in [2.05, 4.69) is 95.9 Å². The molecule has 39 heavy (non-hydrogen) atoms. The van der Waals surface area contributed by atoms with Gasteiger partial charge in [-0.15, -0.1) is 0 Å². The fraction of sp³-hybridized carbons (Fsp3) is 0.357. The number of nitrogens with one attached hydrogen (secondary N) is 4. The maximum Gasteiger partial charge on any atom is 0.166 e. The molecule has 2 aliphatic rings.